The highest BCUT2D eigenvalue weighted by Crippen LogP contribution is 2.03. The van der Waals surface area contributed by atoms with Gasteiger partial charge in [-0.3, -0.25) is 0 Å². The van der Waals surface area contributed by atoms with Gasteiger partial charge in [-0.25, -0.2) is 9.59 Å². The topological polar surface area (TPSA) is 104 Å². The number of carbonyl (C=O) groups is 3. The zero-order valence-corrected chi connectivity index (χ0v) is 7.06. The molecule has 13 heavy (non-hydrogen) atoms. The van der Waals surface area contributed by atoms with Crippen LogP contribution in [-0.4, -0.2) is 34.6 Å². The number of aliphatic carboxylic acids is 1. The van der Waals surface area contributed by atoms with Crippen LogP contribution in [-0.2, 0) is 9.59 Å². The summed E-state index contributed by atoms with van der Waals surface area (Å²) in [4.78, 5) is 30.7. The maximum absolute atomic E-state index is 10.4. The third-order valence-electron chi connectivity index (χ3n) is 1.44. The lowest BCUT2D eigenvalue weighted by molar-refractivity contribution is -0.139. The second-order valence-corrected chi connectivity index (χ2v) is 2.69. The summed E-state index contributed by atoms with van der Waals surface area (Å²) in [6, 6.07) is -1.22. The van der Waals surface area contributed by atoms with Gasteiger partial charge in [0, 0.05) is 5.92 Å². The first-order valence-corrected chi connectivity index (χ1v) is 3.65. The SMILES string of the molecule is CC(C=O)CC(NC(=O)O)C(=O)O. The van der Waals surface area contributed by atoms with E-state index in [1.165, 1.54) is 6.92 Å². The van der Waals surface area contributed by atoms with Crippen LogP contribution in [0.3, 0.4) is 0 Å². The molecule has 0 aromatic rings. The molecule has 0 spiro atoms. The maximum atomic E-state index is 10.4. The molecule has 6 heteroatoms. The standard InChI is InChI=1S/C7H11NO5/c1-4(3-9)2-5(6(10)11)8-7(12)13/h3-5,8H,2H2,1H3,(H,10,11)(H,12,13). The lowest BCUT2D eigenvalue weighted by Gasteiger charge is -2.13. The van der Waals surface area contributed by atoms with E-state index in [1.807, 2.05) is 0 Å². The van der Waals surface area contributed by atoms with E-state index >= 15 is 0 Å². The first-order valence-electron chi connectivity index (χ1n) is 3.65. The van der Waals surface area contributed by atoms with E-state index in [4.69, 9.17) is 10.2 Å². The minimum absolute atomic E-state index is 0.0366. The molecular weight excluding hydrogens is 178 g/mol. The van der Waals surface area contributed by atoms with Gasteiger partial charge < -0.3 is 20.3 Å². The third kappa shape index (κ3) is 4.78. The number of carbonyl (C=O) groups excluding carboxylic acids is 1. The molecule has 0 aliphatic carbocycles. The molecule has 0 aliphatic heterocycles. The minimum atomic E-state index is -1.41. The van der Waals surface area contributed by atoms with E-state index in [9.17, 15) is 14.4 Å². The number of carboxylic acid groups (broad SMARTS) is 2. The summed E-state index contributed by atoms with van der Waals surface area (Å²) in [6.07, 6.45) is -0.865. The zero-order valence-electron chi connectivity index (χ0n) is 7.06. The second kappa shape index (κ2) is 5.13. The summed E-state index contributed by atoms with van der Waals surface area (Å²) in [6.45, 7) is 1.52. The first-order chi connectivity index (χ1) is 5.97. The lowest BCUT2D eigenvalue weighted by Crippen LogP contribution is -2.41. The fourth-order valence-corrected chi connectivity index (χ4v) is 0.798. The van der Waals surface area contributed by atoms with Crippen molar-refractivity contribution in [3.8, 4) is 0 Å². The number of amides is 1. The van der Waals surface area contributed by atoms with Gasteiger partial charge in [0.15, 0.2) is 0 Å². The van der Waals surface area contributed by atoms with E-state index in [2.05, 4.69) is 0 Å². The van der Waals surface area contributed by atoms with Crippen LogP contribution in [0.15, 0.2) is 0 Å². The van der Waals surface area contributed by atoms with Gasteiger partial charge in [-0.15, -0.1) is 0 Å². The number of hydrogen-bond donors (Lipinski definition) is 3. The zero-order chi connectivity index (χ0) is 10.4. The highest BCUT2D eigenvalue weighted by molar-refractivity contribution is 5.79. The Labute approximate surface area is 74.6 Å². The van der Waals surface area contributed by atoms with Crippen LogP contribution in [0.25, 0.3) is 0 Å². The smallest absolute Gasteiger partial charge is 0.405 e. The molecule has 0 rings (SSSR count). The number of aldehydes is 1. The molecular formula is C7H11NO5. The van der Waals surface area contributed by atoms with Gasteiger partial charge in [-0.05, 0) is 6.42 Å². The number of hydrogen-bond acceptors (Lipinski definition) is 3. The van der Waals surface area contributed by atoms with Crippen molar-refractivity contribution >= 4 is 18.3 Å². The summed E-state index contributed by atoms with van der Waals surface area (Å²) in [5.41, 5.74) is 0. The van der Waals surface area contributed by atoms with Crippen LogP contribution in [0.4, 0.5) is 4.79 Å². The molecule has 1 amide bonds. The number of carboxylic acids is 1. The Balaban J connectivity index is 4.17. The number of nitrogens with one attached hydrogen (secondary N) is 1. The normalized spacial score (nSPS) is 14.2. The van der Waals surface area contributed by atoms with Crippen molar-refractivity contribution in [2.45, 2.75) is 19.4 Å². The monoisotopic (exact) mass is 189 g/mol. The molecule has 0 heterocycles. The Bertz CT molecular complexity index is 215. The molecule has 0 fully saturated rings. The van der Waals surface area contributed by atoms with Crippen molar-refractivity contribution in [3.63, 3.8) is 0 Å². The van der Waals surface area contributed by atoms with Crippen LogP contribution in [0, 0.1) is 5.92 Å². The fraction of sp³-hybridized carbons (Fsp3) is 0.571. The maximum Gasteiger partial charge on any atom is 0.405 e. The van der Waals surface area contributed by atoms with Gasteiger partial charge in [0.1, 0.15) is 12.3 Å². The fourth-order valence-electron chi connectivity index (χ4n) is 0.798. The van der Waals surface area contributed by atoms with E-state index in [0.717, 1.165) is 0 Å². The van der Waals surface area contributed by atoms with E-state index in [1.54, 1.807) is 5.32 Å². The molecule has 0 bridgehead atoms. The average molecular weight is 189 g/mol. The summed E-state index contributed by atoms with van der Waals surface area (Å²) in [7, 11) is 0. The van der Waals surface area contributed by atoms with E-state index < -0.39 is 24.0 Å². The predicted molar refractivity (Wildman–Crippen MR) is 42.4 cm³/mol. The van der Waals surface area contributed by atoms with Gasteiger partial charge in [0.2, 0.25) is 0 Å². The highest BCUT2D eigenvalue weighted by Gasteiger charge is 2.21. The van der Waals surface area contributed by atoms with Crippen LogP contribution in [0.1, 0.15) is 13.3 Å². The van der Waals surface area contributed by atoms with Gasteiger partial charge >= 0.3 is 12.1 Å². The minimum Gasteiger partial charge on any atom is -0.480 e. The van der Waals surface area contributed by atoms with Crippen molar-refractivity contribution in [1.29, 1.82) is 0 Å². The molecule has 0 aromatic carbocycles. The van der Waals surface area contributed by atoms with Crippen molar-refractivity contribution in [1.82, 2.24) is 5.32 Å². The van der Waals surface area contributed by atoms with Crippen LogP contribution in [0.2, 0.25) is 0 Å². The largest absolute Gasteiger partial charge is 0.480 e. The molecule has 74 valence electrons. The predicted octanol–water partition coefficient (Wildman–Crippen LogP) is -0.0677. The van der Waals surface area contributed by atoms with Crippen molar-refractivity contribution in [2.75, 3.05) is 0 Å². The molecule has 0 radical (unpaired) electrons. The molecule has 6 nitrogen and oxygen atoms in total. The third-order valence-corrected chi connectivity index (χ3v) is 1.44. The molecule has 2 atom stereocenters. The van der Waals surface area contributed by atoms with E-state index in [-0.39, 0.29) is 6.42 Å². The van der Waals surface area contributed by atoms with Crippen molar-refractivity contribution in [2.24, 2.45) is 5.92 Å². The Kier molecular flexibility index (Phi) is 4.50. The van der Waals surface area contributed by atoms with Crippen LogP contribution >= 0.6 is 0 Å². The Morgan fingerprint density at radius 2 is 2.00 bits per heavy atom. The van der Waals surface area contributed by atoms with Gasteiger partial charge in [0.05, 0.1) is 0 Å². The Hall–Kier alpha value is -1.59. The van der Waals surface area contributed by atoms with Crippen LogP contribution in [0.5, 0.6) is 0 Å². The summed E-state index contributed by atoms with van der Waals surface area (Å²) >= 11 is 0. The summed E-state index contributed by atoms with van der Waals surface area (Å²) in [5, 5.41) is 18.6. The van der Waals surface area contributed by atoms with Gasteiger partial charge in [-0.1, -0.05) is 6.92 Å². The molecule has 0 aliphatic rings. The Morgan fingerprint density at radius 3 is 2.31 bits per heavy atom. The summed E-state index contributed by atoms with van der Waals surface area (Å²) in [5.74, 6) is -1.76. The quantitative estimate of drug-likeness (QED) is 0.525. The second-order valence-electron chi connectivity index (χ2n) is 2.69. The van der Waals surface area contributed by atoms with Crippen molar-refractivity contribution < 1.29 is 24.6 Å². The molecule has 0 aromatic heterocycles. The molecule has 2 unspecified atom stereocenters. The lowest BCUT2D eigenvalue weighted by atomic mass is 10.0. The molecule has 0 saturated heterocycles. The number of rotatable bonds is 5. The first kappa shape index (κ1) is 11.4. The van der Waals surface area contributed by atoms with E-state index in [0.29, 0.717) is 6.29 Å². The molecule has 3 N–H and O–H groups in total. The van der Waals surface area contributed by atoms with Crippen LogP contribution < -0.4 is 5.32 Å². The highest BCUT2D eigenvalue weighted by atomic mass is 16.4. The van der Waals surface area contributed by atoms with Gasteiger partial charge in [-0.2, -0.15) is 0 Å². The average Bonchev–Trinajstić information content (AvgIpc) is 2.02. The van der Waals surface area contributed by atoms with Gasteiger partial charge in [0.25, 0.3) is 0 Å². The molecule has 0 saturated carbocycles. The summed E-state index contributed by atoms with van der Waals surface area (Å²) < 4.78 is 0. The Morgan fingerprint density at radius 1 is 1.46 bits per heavy atom. The van der Waals surface area contributed by atoms with Crippen molar-refractivity contribution in [3.05, 3.63) is 0 Å².